The Kier molecular flexibility index (Phi) is 28.2. The van der Waals surface area contributed by atoms with Crippen LogP contribution in [0.15, 0.2) is 36.5 Å². The molecule has 0 rings (SSSR count). The van der Waals surface area contributed by atoms with E-state index in [-0.39, 0.29) is 26.1 Å². The molecule has 10 heteroatoms. The van der Waals surface area contributed by atoms with E-state index in [1.54, 1.807) is 0 Å². The molecular formula is C36H66NO8P. The summed E-state index contributed by atoms with van der Waals surface area (Å²) in [5.74, 6) is -0.866. The van der Waals surface area contributed by atoms with E-state index in [1.165, 1.54) is 38.5 Å². The standard InChI is InChI=1S/C36H66NO8P/c1-6-8-10-12-14-16-17-18-19-21-23-25-27-29-36(39)45-34(33-44-46(40,41)43-31-30-37(3,4)5)32-42-35(38)28-26-24-22-20-15-13-11-9-7-2/h8,10,12,14,16-17,34H,6-7,9,11,13,15,18-33H2,1-5H3/b10-8+,14-12+,17-16+. The maximum atomic E-state index is 12.5. The molecule has 0 radical (unpaired) electrons. The summed E-state index contributed by atoms with van der Waals surface area (Å²) in [4.78, 5) is 37.1. The van der Waals surface area contributed by atoms with E-state index in [4.69, 9.17) is 18.5 Å². The molecule has 0 amide bonds. The number of allylic oxidation sites excluding steroid dienone is 6. The number of esters is 2. The van der Waals surface area contributed by atoms with Crippen LogP contribution in [-0.4, -0.2) is 70.0 Å². The largest absolute Gasteiger partial charge is 0.756 e. The number of phosphoric acid groups is 1. The summed E-state index contributed by atoms with van der Waals surface area (Å²) in [5, 5.41) is 0. The Balaban J connectivity index is 4.52. The highest BCUT2D eigenvalue weighted by atomic mass is 31.2. The molecule has 0 aromatic carbocycles. The highest BCUT2D eigenvalue weighted by molar-refractivity contribution is 7.45. The summed E-state index contributed by atoms with van der Waals surface area (Å²) in [6, 6.07) is 0. The third-order valence-electron chi connectivity index (χ3n) is 7.24. The highest BCUT2D eigenvalue weighted by Gasteiger charge is 2.21. The molecule has 0 saturated heterocycles. The lowest BCUT2D eigenvalue weighted by Gasteiger charge is -2.28. The average molecular weight is 672 g/mol. The maximum absolute atomic E-state index is 12.5. The van der Waals surface area contributed by atoms with Crippen LogP contribution in [0.1, 0.15) is 129 Å². The second kappa shape index (κ2) is 29.4. The molecule has 0 heterocycles. The van der Waals surface area contributed by atoms with Gasteiger partial charge in [0.15, 0.2) is 6.10 Å². The number of phosphoric ester groups is 1. The van der Waals surface area contributed by atoms with E-state index in [0.717, 1.165) is 57.8 Å². The van der Waals surface area contributed by atoms with Crippen molar-refractivity contribution in [3.8, 4) is 0 Å². The predicted octanol–water partition coefficient (Wildman–Crippen LogP) is 8.38. The lowest BCUT2D eigenvalue weighted by Crippen LogP contribution is -2.37. The van der Waals surface area contributed by atoms with Gasteiger partial charge in [-0.1, -0.05) is 121 Å². The predicted molar refractivity (Wildman–Crippen MR) is 185 cm³/mol. The number of unbranched alkanes of at least 4 members (excludes halogenated alkanes) is 13. The van der Waals surface area contributed by atoms with Gasteiger partial charge in [0.1, 0.15) is 19.8 Å². The number of hydrogen-bond donors (Lipinski definition) is 0. The van der Waals surface area contributed by atoms with Crippen LogP contribution >= 0.6 is 7.82 Å². The lowest BCUT2D eigenvalue weighted by molar-refractivity contribution is -0.870. The SMILES string of the molecule is CC/C=C/C=C/C=C/CCCCCCCC(=O)OC(COC(=O)CCCCCCCCCCC)COP(=O)([O-])OCC[N+](C)(C)C. The summed E-state index contributed by atoms with van der Waals surface area (Å²) in [5.41, 5.74) is 0. The third-order valence-corrected chi connectivity index (χ3v) is 8.20. The maximum Gasteiger partial charge on any atom is 0.306 e. The fraction of sp³-hybridized carbons (Fsp3) is 0.778. The van der Waals surface area contributed by atoms with Gasteiger partial charge in [0.2, 0.25) is 0 Å². The summed E-state index contributed by atoms with van der Waals surface area (Å²) < 4.78 is 33.6. The van der Waals surface area contributed by atoms with Gasteiger partial charge < -0.3 is 27.9 Å². The fourth-order valence-corrected chi connectivity index (χ4v) is 5.15. The van der Waals surface area contributed by atoms with Crippen molar-refractivity contribution >= 4 is 19.8 Å². The lowest BCUT2D eigenvalue weighted by atomic mass is 10.1. The number of carbonyl (C=O) groups is 2. The first-order valence-electron chi connectivity index (χ1n) is 17.7. The molecule has 0 spiro atoms. The van der Waals surface area contributed by atoms with Crippen molar-refractivity contribution in [1.29, 1.82) is 0 Å². The average Bonchev–Trinajstić information content (AvgIpc) is 2.99. The molecule has 268 valence electrons. The molecule has 0 aromatic rings. The van der Waals surface area contributed by atoms with Crippen LogP contribution in [0, 0.1) is 0 Å². The molecule has 0 aliphatic heterocycles. The zero-order chi connectivity index (χ0) is 34.4. The minimum atomic E-state index is -4.62. The van der Waals surface area contributed by atoms with Gasteiger partial charge in [-0.3, -0.25) is 14.2 Å². The molecule has 9 nitrogen and oxygen atoms in total. The molecule has 2 atom stereocenters. The first-order valence-corrected chi connectivity index (χ1v) is 19.2. The zero-order valence-electron chi connectivity index (χ0n) is 29.8. The van der Waals surface area contributed by atoms with Crippen molar-refractivity contribution < 1.29 is 42.1 Å². The Morgan fingerprint density at radius 3 is 1.83 bits per heavy atom. The molecule has 0 aliphatic rings. The molecule has 0 saturated carbocycles. The number of quaternary nitrogens is 1. The van der Waals surface area contributed by atoms with Crippen LogP contribution in [0.4, 0.5) is 0 Å². The normalized spacial score (nSPS) is 14.3. The first kappa shape index (κ1) is 44.2. The van der Waals surface area contributed by atoms with Crippen molar-refractivity contribution in [2.75, 3.05) is 47.5 Å². The van der Waals surface area contributed by atoms with E-state index >= 15 is 0 Å². The van der Waals surface area contributed by atoms with Crippen LogP contribution in [0.2, 0.25) is 0 Å². The van der Waals surface area contributed by atoms with Crippen molar-refractivity contribution in [3.63, 3.8) is 0 Å². The smallest absolute Gasteiger partial charge is 0.306 e. The van der Waals surface area contributed by atoms with Gasteiger partial charge in [0.25, 0.3) is 7.82 Å². The van der Waals surface area contributed by atoms with Gasteiger partial charge in [-0.05, 0) is 32.1 Å². The molecule has 0 aliphatic carbocycles. The monoisotopic (exact) mass is 671 g/mol. The molecule has 0 N–H and O–H groups in total. The van der Waals surface area contributed by atoms with E-state index < -0.39 is 32.5 Å². The second-order valence-electron chi connectivity index (χ2n) is 12.9. The molecule has 46 heavy (non-hydrogen) atoms. The Labute approximate surface area is 281 Å². The van der Waals surface area contributed by atoms with Crippen LogP contribution in [-0.2, 0) is 32.7 Å². The van der Waals surface area contributed by atoms with Crippen LogP contribution in [0.5, 0.6) is 0 Å². The Bertz CT molecular complexity index is 897. The first-order chi connectivity index (χ1) is 22.0. The van der Waals surface area contributed by atoms with E-state index in [1.807, 2.05) is 39.4 Å². The van der Waals surface area contributed by atoms with E-state index in [9.17, 15) is 19.0 Å². The number of hydrogen-bond acceptors (Lipinski definition) is 8. The number of nitrogens with zero attached hydrogens (tertiary/aromatic N) is 1. The Hall–Kier alpha value is -1.77. The summed E-state index contributed by atoms with van der Waals surface area (Å²) in [6.45, 7) is 4.01. The number of likely N-dealkylation sites (N-methyl/N-ethyl adjacent to an activating group) is 1. The van der Waals surface area contributed by atoms with Gasteiger partial charge in [-0.25, -0.2) is 0 Å². The van der Waals surface area contributed by atoms with Crippen LogP contribution in [0.25, 0.3) is 0 Å². The Morgan fingerprint density at radius 1 is 0.696 bits per heavy atom. The fourth-order valence-electron chi connectivity index (χ4n) is 4.42. The van der Waals surface area contributed by atoms with Crippen molar-refractivity contribution in [3.05, 3.63) is 36.5 Å². The van der Waals surface area contributed by atoms with Gasteiger partial charge in [-0.2, -0.15) is 0 Å². The second-order valence-corrected chi connectivity index (χ2v) is 14.3. The van der Waals surface area contributed by atoms with Crippen LogP contribution < -0.4 is 4.89 Å². The Morgan fingerprint density at radius 2 is 1.24 bits per heavy atom. The minimum Gasteiger partial charge on any atom is -0.756 e. The summed E-state index contributed by atoms with van der Waals surface area (Å²) >= 11 is 0. The quantitative estimate of drug-likeness (QED) is 0.0238. The topological polar surface area (TPSA) is 111 Å². The van der Waals surface area contributed by atoms with Gasteiger partial charge in [0.05, 0.1) is 27.7 Å². The number of rotatable bonds is 31. The number of carbonyl (C=O) groups excluding carboxylic acids is 2. The third kappa shape index (κ3) is 32.2. The van der Waals surface area contributed by atoms with Gasteiger partial charge in [0, 0.05) is 12.8 Å². The molecular weight excluding hydrogens is 605 g/mol. The van der Waals surface area contributed by atoms with Crippen LogP contribution in [0.3, 0.4) is 0 Å². The summed E-state index contributed by atoms with van der Waals surface area (Å²) in [6.07, 6.45) is 28.9. The molecule has 0 aromatic heterocycles. The number of ether oxygens (including phenoxy) is 2. The van der Waals surface area contributed by atoms with Crippen molar-refractivity contribution in [2.24, 2.45) is 0 Å². The van der Waals surface area contributed by atoms with Crippen molar-refractivity contribution in [1.82, 2.24) is 0 Å². The highest BCUT2D eigenvalue weighted by Crippen LogP contribution is 2.38. The zero-order valence-corrected chi connectivity index (χ0v) is 30.7. The van der Waals surface area contributed by atoms with E-state index in [2.05, 4.69) is 32.1 Å². The minimum absolute atomic E-state index is 0.0353. The summed E-state index contributed by atoms with van der Waals surface area (Å²) in [7, 11) is 1.14. The van der Waals surface area contributed by atoms with Gasteiger partial charge >= 0.3 is 11.9 Å². The molecule has 0 fully saturated rings. The van der Waals surface area contributed by atoms with Gasteiger partial charge in [-0.15, -0.1) is 0 Å². The van der Waals surface area contributed by atoms with E-state index in [0.29, 0.717) is 17.4 Å². The van der Waals surface area contributed by atoms with Crippen molar-refractivity contribution in [2.45, 2.75) is 136 Å². The molecule has 2 unspecified atom stereocenters. The molecule has 0 bridgehead atoms.